The summed E-state index contributed by atoms with van der Waals surface area (Å²) in [5.74, 6) is 0. The standard InChI is InChI=1S/C20H23IO4/c1-14-18(23-12-15-8-4-2-5-9-15)19(17(21)20(22)25-14)24-13-16-10-6-3-7-11-16/h2-11,14,17-20,22H,12-13H2,1H3/t14-,17-,18-,19-,20-/m0/s1. The summed E-state index contributed by atoms with van der Waals surface area (Å²) in [6.45, 7) is 2.89. The van der Waals surface area contributed by atoms with E-state index in [2.05, 4.69) is 22.6 Å². The van der Waals surface area contributed by atoms with Crippen molar-refractivity contribution in [1.82, 2.24) is 0 Å². The zero-order chi connectivity index (χ0) is 17.6. The first-order chi connectivity index (χ1) is 12.1. The van der Waals surface area contributed by atoms with Crippen LogP contribution < -0.4 is 0 Å². The largest absolute Gasteiger partial charge is 0.369 e. The summed E-state index contributed by atoms with van der Waals surface area (Å²) in [6, 6.07) is 20.1. The minimum absolute atomic E-state index is 0.196. The molecule has 1 N–H and O–H groups in total. The van der Waals surface area contributed by atoms with Crippen molar-refractivity contribution in [3.05, 3.63) is 71.8 Å². The molecule has 0 bridgehead atoms. The Morgan fingerprint density at radius 2 is 1.36 bits per heavy atom. The van der Waals surface area contributed by atoms with Gasteiger partial charge >= 0.3 is 0 Å². The van der Waals surface area contributed by atoms with Crippen molar-refractivity contribution in [3.8, 4) is 0 Å². The minimum Gasteiger partial charge on any atom is -0.369 e. The SMILES string of the molecule is C[C@@H]1O[C@H](O)[C@@H](I)[C@H](OCc2ccccc2)[C@H]1OCc1ccccc1. The van der Waals surface area contributed by atoms with E-state index in [-0.39, 0.29) is 22.2 Å². The van der Waals surface area contributed by atoms with Crippen molar-refractivity contribution in [3.63, 3.8) is 0 Å². The molecule has 2 aromatic carbocycles. The Balaban J connectivity index is 1.67. The van der Waals surface area contributed by atoms with Crippen molar-refractivity contribution in [1.29, 1.82) is 0 Å². The number of halogens is 1. The second kappa shape index (κ2) is 9.09. The normalized spacial score (nSPS) is 29.5. The fourth-order valence-corrected chi connectivity index (χ4v) is 3.72. The maximum atomic E-state index is 10.2. The maximum absolute atomic E-state index is 10.2. The van der Waals surface area contributed by atoms with Crippen molar-refractivity contribution in [2.45, 2.75) is 48.7 Å². The number of aliphatic hydroxyl groups is 1. The van der Waals surface area contributed by atoms with Gasteiger partial charge < -0.3 is 19.3 Å². The summed E-state index contributed by atoms with van der Waals surface area (Å²) in [6.07, 6.45) is -1.59. The number of hydrogen-bond acceptors (Lipinski definition) is 4. The Hall–Kier alpha value is -0.990. The zero-order valence-electron chi connectivity index (χ0n) is 14.1. The summed E-state index contributed by atoms with van der Waals surface area (Å²) in [4.78, 5) is 0. The smallest absolute Gasteiger partial charge is 0.169 e. The van der Waals surface area contributed by atoms with Gasteiger partial charge in [-0.3, -0.25) is 0 Å². The highest BCUT2D eigenvalue weighted by Crippen LogP contribution is 2.31. The molecule has 5 atom stereocenters. The van der Waals surface area contributed by atoms with E-state index in [1.54, 1.807) is 0 Å². The van der Waals surface area contributed by atoms with Gasteiger partial charge in [0.05, 0.1) is 23.2 Å². The van der Waals surface area contributed by atoms with Gasteiger partial charge in [-0.05, 0) is 18.1 Å². The van der Waals surface area contributed by atoms with Crippen LogP contribution in [0.1, 0.15) is 18.1 Å². The van der Waals surface area contributed by atoms with Crippen LogP contribution in [0.3, 0.4) is 0 Å². The number of alkyl halides is 1. The van der Waals surface area contributed by atoms with E-state index in [1.165, 1.54) is 0 Å². The predicted octanol–water partition coefficient (Wildman–Crippen LogP) is 3.70. The lowest BCUT2D eigenvalue weighted by Crippen LogP contribution is -2.56. The Morgan fingerprint density at radius 1 is 0.880 bits per heavy atom. The first-order valence-corrected chi connectivity index (χ1v) is 9.68. The quantitative estimate of drug-likeness (QED) is 0.535. The lowest BCUT2D eigenvalue weighted by Gasteiger charge is -2.41. The molecule has 0 amide bonds. The monoisotopic (exact) mass is 454 g/mol. The molecule has 0 radical (unpaired) electrons. The van der Waals surface area contributed by atoms with Gasteiger partial charge in [0.2, 0.25) is 0 Å². The van der Waals surface area contributed by atoms with Crippen LogP contribution in [0.5, 0.6) is 0 Å². The lowest BCUT2D eigenvalue weighted by atomic mass is 10.0. The van der Waals surface area contributed by atoms with Gasteiger partial charge in [-0.25, -0.2) is 0 Å². The molecule has 3 rings (SSSR count). The first-order valence-electron chi connectivity index (χ1n) is 8.44. The molecule has 0 spiro atoms. The summed E-state index contributed by atoms with van der Waals surface area (Å²) in [5, 5.41) is 10.2. The molecule has 2 aromatic rings. The van der Waals surface area contributed by atoms with Crippen LogP contribution in [-0.4, -0.2) is 33.6 Å². The zero-order valence-corrected chi connectivity index (χ0v) is 16.3. The van der Waals surface area contributed by atoms with E-state index >= 15 is 0 Å². The summed E-state index contributed by atoms with van der Waals surface area (Å²) in [5.41, 5.74) is 2.20. The average molecular weight is 454 g/mol. The predicted molar refractivity (Wildman–Crippen MR) is 104 cm³/mol. The molecule has 1 fully saturated rings. The number of aliphatic hydroxyl groups excluding tert-OH is 1. The van der Waals surface area contributed by atoms with Gasteiger partial charge in [0, 0.05) is 0 Å². The number of hydrogen-bond donors (Lipinski definition) is 1. The van der Waals surface area contributed by atoms with Crippen molar-refractivity contribution < 1.29 is 19.3 Å². The maximum Gasteiger partial charge on any atom is 0.169 e. The molecule has 134 valence electrons. The van der Waals surface area contributed by atoms with Gasteiger partial charge in [0.1, 0.15) is 12.2 Å². The summed E-state index contributed by atoms with van der Waals surface area (Å²) < 4.78 is 17.7. The molecule has 1 aliphatic rings. The van der Waals surface area contributed by atoms with E-state index in [1.807, 2.05) is 67.6 Å². The molecule has 4 nitrogen and oxygen atoms in total. The molecular weight excluding hydrogens is 431 g/mol. The molecule has 0 aliphatic carbocycles. The first kappa shape index (κ1) is 18.8. The average Bonchev–Trinajstić information content (AvgIpc) is 2.64. The van der Waals surface area contributed by atoms with E-state index in [0.717, 1.165) is 11.1 Å². The highest BCUT2D eigenvalue weighted by atomic mass is 127. The second-order valence-corrected chi connectivity index (χ2v) is 7.64. The van der Waals surface area contributed by atoms with E-state index in [9.17, 15) is 5.11 Å². The van der Waals surface area contributed by atoms with Gasteiger partial charge in [-0.15, -0.1) is 0 Å². The second-order valence-electron chi connectivity index (χ2n) is 6.20. The summed E-state index contributed by atoms with van der Waals surface area (Å²) in [7, 11) is 0. The molecule has 1 aliphatic heterocycles. The van der Waals surface area contributed by atoms with Crippen LogP contribution in [0.4, 0.5) is 0 Å². The summed E-state index contributed by atoms with van der Waals surface area (Å²) >= 11 is 2.19. The van der Waals surface area contributed by atoms with Crippen LogP contribution in [-0.2, 0) is 27.4 Å². The van der Waals surface area contributed by atoms with Crippen molar-refractivity contribution in [2.24, 2.45) is 0 Å². The van der Waals surface area contributed by atoms with E-state index in [0.29, 0.717) is 13.2 Å². The number of benzene rings is 2. The van der Waals surface area contributed by atoms with Gasteiger partial charge in [-0.2, -0.15) is 0 Å². The molecule has 1 heterocycles. The van der Waals surface area contributed by atoms with E-state index < -0.39 is 6.29 Å². The Kier molecular flexibility index (Phi) is 6.84. The van der Waals surface area contributed by atoms with Crippen molar-refractivity contribution >= 4 is 22.6 Å². The molecule has 0 aromatic heterocycles. The van der Waals surface area contributed by atoms with Crippen LogP contribution in [0.25, 0.3) is 0 Å². The highest BCUT2D eigenvalue weighted by molar-refractivity contribution is 14.1. The Bertz CT molecular complexity index is 637. The Morgan fingerprint density at radius 3 is 1.88 bits per heavy atom. The van der Waals surface area contributed by atoms with Gasteiger partial charge in [0.15, 0.2) is 6.29 Å². The van der Waals surface area contributed by atoms with E-state index in [4.69, 9.17) is 14.2 Å². The molecule has 5 heteroatoms. The lowest BCUT2D eigenvalue weighted by molar-refractivity contribution is -0.243. The van der Waals surface area contributed by atoms with Crippen LogP contribution in [0, 0.1) is 0 Å². The third-order valence-corrected chi connectivity index (χ3v) is 5.62. The topological polar surface area (TPSA) is 47.9 Å². The van der Waals surface area contributed by atoms with Gasteiger partial charge in [-0.1, -0.05) is 83.3 Å². The van der Waals surface area contributed by atoms with Crippen LogP contribution in [0.2, 0.25) is 0 Å². The fraction of sp³-hybridized carbons (Fsp3) is 0.400. The number of rotatable bonds is 6. The van der Waals surface area contributed by atoms with Gasteiger partial charge in [0.25, 0.3) is 0 Å². The minimum atomic E-state index is -0.854. The molecule has 0 unspecified atom stereocenters. The van der Waals surface area contributed by atoms with Crippen molar-refractivity contribution in [2.75, 3.05) is 0 Å². The molecule has 25 heavy (non-hydrogen) atoms. The highest BCUT2D eigenvalue weighted by Gasteiger charge is 2.44. The third kappa shape index (κ3) is 5.01. The third-order valence-electron chi connectivity index (χ3n) is 4.30. The Labute approximate surface area is 162 Å². The fourth-order valence-electron chi connectivity index (χ4n) is 2.93. The molecule has 1 saturated heterocycles. The molecule has 0 saturated carbocycles. The molecular formula is C20H23IO4. The van der Waals surface area contributed by atoms with Crippen LogP contribution >= 0.6 is 22.6 Å². The number of ether oxygens (including phenoxy) is 3. The van der Waals surface area contributed by atoms with Crippen LogP contribution in [0.15, 0.2) is 60.7 Å².